The van der Waals surface area contributed by atoms with Gasteiger partial charge in [-0.15, -0.1) is 0 Å². The van der Waals surface area contributed by atoms with Gasteiger partial charge >= 0.3 is 6.03 Å². The molecule has 3 amide bonds. The zero-order chi connectivity index (χ0) is 11.7. The molecule has 2 heterocycles. The molecule has 7 heteroatoms. The summed E-state index contributed by atoms with van der Waals surface area (Å²) in [5, 5.41) is 3.07. The zero-order valence-electron chi connectivity index (χ0n) is 8.04. The molecule has 1 saturated heterocycles. The summed E-state index contributed by atoms with van der Waals surface area (Å²) in [6.45, 7) is 0.130. The average molecular weight is 260 g/mol. The van der Waals surface area contributed by atoms with E-state index in [9.17, 15) is 9.59 Å². The van der Waals surface area contributed by atoms with E-state index in [-0.39, 0.29) is 24.1 Å². The number of nitrogens with zero attached hydrogens (tertiary/aromatic N) is 2. The number of nitrogens with one attached hydrogen (secondary N) is 1. The predicted molar refractivity (Wildman–Crippen MR) is 58.2 cm³/mol. The summed E-state index contributed by atoms with van der Waals surface area (Å²) in [6.07, 6.45) is 1.45. The van der Waals surface area contributed by atoms with E-state index in [1.165, 1.54) is 12.3 Å². The van der Waals surface area contributed by atoms with Crippen molar-refractivity contribution in [2.24, 2.45) is 0 Å². The fourth-order valence-corrected chi connectivity index (χ4v) is 1.76. The SMILES string of the molecule is O=C1CNC(=O)N1Cc1cnc(Cl)cc1Cl. The number of hydrogen-bond acceptors (Lipinski definition) is 3. The first-order chi connectivity index (χ1) is 7.58. The largest absolute Gasteiger partial charge is 0.329 e. The standard InChI is InChI=1S/C9H7Cl2N3O2/c10-6-1-7(11)12-2-5(6)4-14-8(15)3-13-9(14)16/h1-2H,3-4H2,(H,13,16). The van der Waals surface area contributed by atoms with Crippen molar-refractivity contribution in [3.63, 3.8) is 0 Å². The molecule has 1 aromatic heterocycles. The van der Waals surface area contributed by atoms with Crippen LogP contribution in [0.3, 0.4) is 0 Å². The molecule has 0 spiro atoms. The van der Waals surface area contributed by atoms with Gasteiger partial charge in [0.25, 0.3) is 0 Å². The van der Waals surface area contributed by atoms with Gasteiger partial charge in [0.2, 0.25) is 5.91 Å². The summed E-state index contributed by atoms with van der Waals surface area (Å²) in [4.78, 5) is 27.5. The number of carbonyl (C=O) groups excluding carboxylic acids is 2. The van der Waals surface area contributed by atoms with Crippen LogP contribution in [0.2, 0.25) is 10.2 Å². The lowest BCUT2D eigenvalue weighted by Gasteiger charge is -2.12. The number of carbonyl (C=O) groups is 2. The highest BCUT2D eigenvalue weighted by Gasteiger charge is 2.28. The van der Waals surface area contributed by atoms with Crippen molar-refractivity contribution < 1.29 is 9.59 Å². The molecule has 16 heavy (non-hydrogen) atoms. The normalized spacial score (nSPS) is 15.5. The lowest BCUT2D eigenvalue weighted by molar-refractivity contribution is -0.125. The highest BCUT2D eigenvalue weighted by Crippen LogP contribution is 2.20. The summed E-state index contributed by atoms with van der Waals surface area (Å²) in [7, 11) is 0. The van der Waals surface area contributed by atoms with Crippen LogP contribution in [0.5, 0.6) is 0 Å². The van der Waals surface area contributed by atoms with E-state index in [1.54, 1.807) is 0 Å². The summed E-state index contributed by atoms with van der Waals surface area (Å²) in [6, 6.07) is 1.05. The second-order valence-electron chi connectivity index (χ2n) is 3.24. The van der Waals surface area contributed by atoms with Crippen molar-refractivity contribution in [1.82, 2.24) is 15.2 Å². The first-order valence-corrected chi connectivity index (χ1v) is 5.21. The van der Waals surface area contributed by atoms with Crippen LogP contribution in [0.25, 0.3) is 0 Å². The third-order valence-electron chi connectivity index (χ3n) is 2.16. The molecule has 0 aromatic carbocycles. The molecular formula is C9H7Cl2N3O2. The Labute approximate surface area is 101 Å². The zero-order valence-corrected chi connectivity index (χ0v) is 9.55. The Hall–Kier alpha value is -1.33. The van der Waals surface area contributed by atoms with Crippen LogP contribution in [0.1, 0.15) is 5.56 Å². The Morgan fingerprint density at radius 3 is 2.75 bits per heavy atom. The van der Waals surface area contributed by atoms with Crippen molar-refractivity contribution in [3.05, 3.63) is 28.0 Å². The Balaban J connectivity index is 2.20. The molecule has 1 N–H and O–H groups in total. The topological polar surface area (TPSA) is 62.3 Å². The lowest BCUT2D eigenvalue weighted by atomic mass is 10.2. The fraction of sp³-hybridized carbons (Fsp3) is 0.222. The van der Waals surface area contributed by atoms with Gasteiger partial charge in [-0.1, -0.05) is 23.2 Å². The molecule has 0 atom stereocenters. The monoisotopic (exact) mass is 259 g/mol. The Bertz CT molecular complexity index is 448. The molecule has 0 radical (unpaired) electrons. The molecule has 1 aromatic rings. The van der Waals surface area contributed by atoms with Crippen LogP contribution in [0, 0.1) is 0 Å². The third kappa shape index (κ3) is 2.10. The van der Waals surface area contributed by atoms with Gasteiger partial charge in [0.05, 0.1) is 18.1 Å². The van der Waals surface area contributed by atoms with Gasteiger partial charge < -0.3 is 5.32 Å². The number of imide groups is 1. The minimum Gasteiger partial charge on any atom is -0.329 e. The number of aromatic nitrogens is 1. The van der Waals surface area contributed by atoms with Gasteiger partial charge in [0.15, 0.2) is 0 Å². The lowest BCUT2D eigenvalue weighted by Crippen LogP contribution is -2.30. The van der Waals surface area contributed by atoms with E-state index in [1.807, 2.05) is 0 Å². The van der Waals surface area contributed by atoms with E-state index in [0.29, 0.717) is 10.6 Å². The number of rotatable bonds is 2. The first-order valence-electron chi connectivity index (χ1n) is 4.46. The number of hydrogen-bond donors (Lipinski definition) is 1. The molecule has 0 unspecified atom stereocenters. The second-order valence-corrected chi connectivity index (χ2v) is 4.03. The van der Waals surface area contributed by atoms with Gasteiger partial charge in [0, 0.05) is 11.8 Å². The molecule has 1 aliphatic heterocycles. The minimum absolute atomic E-state index is 0.0253. The van der Waals surface area contributed by atoms with E-state index in [4.69, 9.17) is 23.2 Å². The molecule has 0 saturated carbocycles. The van der Waals surface area contributed by atoms with Gasteiger partial charge in [-0.05, 0) is 6.07 Å². The van der Waals surface area contributed by atoms with Gasteiger partial charge in [0.1, 0.15) is 5.15 Å². The molecule has 2 rings (SSSR count). The van der Waals surface area contributed by atoms with Crippen LogP contribution in [-0.4, -0.2) is 28.4 Å². The molecule has 1 aliphatic rings. The van der Waals surface area contributed by atoms with Crippen molar-refractivity contribution in [2.75, 3.05) is 6.54 Å². The highest BCUT2D eigenvalue weighted by molar-refractivity contribution is 6.34. The quantitative estimate of drug-likeness (QED) is 0.646. The van der Waals surface area contributed by atoms with E-state index in [2.05, 4.69) is 10.3 Å². The summed E-state index contributed by atoms with van der Waals surface area (Å²) in [5.41, 5.74) is 0.580. The third-order valence-corrected chi connectivity index (χ3v) is 2.72. The molecule has 0 aliphatic carbocycles. The van der Waals surface area contributed by atoms with Gasteiger partial charge in [-0.25, -0.2) is 9.78 Å². The minimum atomic E-state index is -0.420. The summed E-state index contributed by atoms with van der Waals surface area (Å²) < 4.78 is 0. The van der Waals surface area contributed by atoms with E-state index >= 15 is 0 Å². The molecule has 84 valence electrons. The van der Waals surface area contributed by atoms with Crippen LogP contribution in [0.4, 0.5) is 4.79 Å². The molecular weight excluding hydrogens is 253 g/mol. The number of pyridine rings is 1. The smallest absolute Gasteiger partial charge is 0.324 e. The Morgan fingerprint density at radius 2 is 2.19 bits per heavy atom. The molecule has 0 bridgehead atoms. The maximum atomic E-state index is 11.3. The maximum Gasteiger partial charge on any atom is 0.324 e. The highest BCUT2D eigenvalue weighted by atomic mass is 35.5. The maximum absolute atomic E-state index is 11.3. The van der Waals surface area contributed by atoms with E-state index < -0.39 is 6.03 Å². The van der Waals surface area contributed by atoms with Crippen molar-refractivity contribution in [1.29, 1.82) is 0 Å². The number of halogens is 2. The summed E-state index contributed by atoms with van der Waals surface area (Å²) in [5.74, 6) is -0.281. The van der Waals surface area contributed by atoms with Crippen LogP contribution in [0.15, 0.2) is 12.3 Å². The molecule has 5 nitrogen and oxygen atoms in total. The van der Waals surface area contributed by atoms with Gasteiger partial charge in [-0.3, -0.25) is 9.69 Å². The predicted octanol–water partition coefficient (Wildman–Crippen LogP) is 1.44. The van der Waals surface area contributed by atoms with Crippen molar-refractivity contribution >= 4 is 35.1 Å². The van der Waals surface area contributed by atoms with Crippen molar-refractivity contribution in [3.8, 4) is 0 Å². The van der Waals surface area contributed by atoms with Crippen LogP contribution in [-0.2, 0) is 11.3 Å². The van der Waals surface area contributed by atoms with E-state index in [0.717, 1.165) is 4.90 Å². The van der Waals surface area contributed by atoms with Crippen LogP contribution < -0.4 is 5.32 Å². The Kier molecular flexibility index (Phi) is 2.98. The number of urea groups is 1. The van der Waals surface area contributed by atoms with Crippen LogP contribution >= 0.6 is 23.2 Å². The second kappa shape index (κ2) is 4.27. The average Bonchev–Trinajstić information content (AvgIpc) is 2.53. The summed E-state index contributed by atoms with van der Waals surface area (Å²) >= 11 is 11.5. The van der Waals surface area contributed by atoms with Gasteiger partial charge in [-0.2, -0.15) is 0 Å². The van der Waals surface area contributed by atoms with Crippen molar-refractivity contribution in [2.45, 2.75) is 6.54 Å². The Morgan fingerprint density at radius 1 is 1.44 bits per heavy atom. The number of amides is 3. The fourth-order valence-electron chi connectivity index (χ4n) is 1.34. The molecule has 1 fully saturated rings. The first kappa shape index (κ1) is 11.2.